The minimum Gasteiger partial charge on any atom is -0.337 e. The second-order valence-electron chi connectivity index (χ2n) is 5.75. The first-order valence-electron chi connectivity index (χ1n) is 7.72. The Morgan fingerprint density at radius 1 is 1.40 bits per heavy atom. The van der Waals surface area contributed by atoms with E-state index in [0.29, 0.717) is 35.1 Å². The molecule has 1 atom stereocenters. The summed E-state index contributed by atoms with van der Waals surface area (Å²) in [5.74, 6) is 0.508. The van der Waals surface area contributed by atoms with E-state index in [2.05, 4.69) is 10.1 Å². The van der Waals surface area contributed by atoms with Crippen molar-refractivity contribution in [1.82, 2.24) is 15.0 Å². The van der Waals surface area contributed by atoms with Crippen LogP contribution in [0.4, 0.5) is 4.39 Å². The highest BCUT2D eigenvalue weighted by Gasteiger charge is 2.36. The fourth-order valence-electron chi connectivity index (χ4n) is 2.90. The van der Waals surface area contributed by atoms with E-state index in [0.717, 1.165) is 4.88 Å². The summed E-state index contributed by atoms with van der Waals surface area (Å²) in [7, 11) is 0. The highest BCUT2D eigenvalue weighted by molar-refractivity contribution is 7.13. The molecule has 3 heterocycles. The predicted molar refractivity (Wildman–Crippen MR) is 91.5 cm³/mol. The Balaban J connectivity index is 1.59. The third-order valence-corrected chi connectivity index (χ3v) is 5.37. The van der Waals surface area contributed by atoms with Crippen LogP contribution in [0.15, 0.2) is 40.2 Å². The molecule has 25 heavy (non-hydrogen) atoms. The molecule has 4 rings (SSSR count). The molecule has 1 aliphatic rings. The van der Waals surface area contributed by atoms with Gasteiger partial charge in [-0.15, -0.1) is 11.3 Å². The van der Waals surface area contributed by atoms with E-state index in [1.165, 1.54) is 23.5 Å². The van der Waals surface area contributed by atoms with Gasteiger partial charge < -0.3 is 9.42 Å². The number of hydrogen-bond donors (Lipinski definition) is 0. The molecule has 1 amide bonds. The fraction of sp³-hybridized carbons (Fsp3) is 0.235. The Morgan fingerprint density at radius 2 is 2.28 bits per heavy atom. The number of halogens is 2. The minimum atomic E-state index is -0.407. The molecule has 0 saturated carbocycles. The zero-order chi connectivity index (χ0) is 17.4. The standard InChI is InChI=1S/C17H13ClFN3O2S/c18-12-8-11(19)4-3-10(12)9-22-13(5-6-15(22)23)17-20-16(21-24-17)14-2-1-7-25-14/h1-4,7-8,13H,5-6,9H2. The second-order valence-corrected chi connectivity index (χ2v) is 7.10. The van der Waals surface area contributed by atoms with Crippen LogP contribution in [0, 0.1) is 5.82 Å². The topological polar surface area (TPSA) is 59.2 Å². The van der Waals surface area contributed by atoms with Gasteiger partial charge >= 0.3 is 0 Å². The largest absolute Gasteiger partial charge is 0.337 e. The lowest BCUT2D eigenvalue weighted by Crippen LogP contribution is -2.27. The van der Waals surface area contributed by atoms with Crippen LogP contribution < -0.4 is 0 Å². The summed E-state index contributed by atoms with van der Waals surface area (Å²) in [6.07, 6.45) is 1.00. The molecule has 1 saturated heterocycles. The summed E-state index contributed by atoms with van der Waals surface area (Å²) >= 11 is 7.61. The third-order valence-electron chi connectivity index (χ3n) is 4.15. The van der Waals surface area contributed by atoms with Crippen molar-refractivity contribution in [2.24, 2.45) is 0 Å². The lowest BCUT2D eigenvalue weighted by Gasteiger charge is -2.22. The van der Waals surface area contributed by atoms with E-state index in [1.807, 2.05) is 17.5 Å². The number of rotatable bonds is 4. The van der Waals surface area contributed by atoms with Gasteiger partial charge in [-0.1, -0.05) is 28.9 Å². The summed E-state index contributed by atoms with van der Waals surface area (Å²) in [4.78, 5) is 19.3. The number of nitrogens with zero attached hydrogens (tertiary/aromatic N) is 3. The second kappa shape index (κ2) is 6.57. The Morgan fingerprint density at radius 3 is 3.04 bits per heavy atom. The van der Waals surface area contributed by atoms with E-state index in [4.69, 9.17) is 16.1 Å². The minimum absolute atomic E-state index is 0.0127. The number of benzene rings is 1. The van der Waals surface area contributed by atoms with Gasteiger partial charge in [0.05, 0.1) is 4.88 Å². The van der Waals surface area contributed by atoms with Gasteiger partial charge in [-0.05, 0) is 35.6 Å². The summed E-state index contributed by atoms with van der Waals surface area (Å²) in [5.41, 5.74) is 0.682. The first kappa shape index (κ1) is 16.2. The Kier molecular flexibility index (Phi) is 4.27. The van der Waals surface area contributed by atoms with Crippen molar-refractivity contribution >= 4 is 28.8 Å². The molecule has 1 aliphatic heterocycles. The number of likely N-dealkylation sites (tertiary alicyclic amines) is 1. The van der Waals surface area contributed by atoms with E-state index < -0.39 is 5.82 Å². The van der Waals surface area contributed by atoms with Gasteiger partial charge in [0.25, 0.3) is 0 Å². The van der Waals surface area contributed by atoms with Crippen LogP contribution in [0.2, 0.25) is 5.02 Å². The monoisotopic (exact) mass is 377 g/mol. The third kappa shape index (κ3) is 3.17. The van der Waals surface area contributed by atoms with Crippen LogP contribution in [-0.4, -0.2) is 20.9 Å². The van der Waals surface area contributed by atoms with Crippen LogP contribution in [0.5, 0.6) is 0 Å². The molecule has 3 aromatic rings. The Bertz CT molecular complexity index is 913. The molecule has 0 bridgehead atoms. The highest BCUT2D eigenvalue weighted by atomic mass is 35.5. The maximum absolute atomic E-state index is 13.2. The maximum Gasteiger partial charge on any atom is 0.249 e. The number of hydrogen-bond acceptors (Lipinski definition) is 5. The SMILES string of the molecule is O=C1CCC(c2nc(-c3cccs3)no2)N1Cc1ccc(F)cc1Cl. The Labute approximate surface area is 152 Å². The lowest BCUT2D eigenvalue weighted by atomic mass is 10.1. The summed E-state index contributed by atoms with van der Waals surface area (Å²) in [6, 6.07) is 7.69. The van der Waals surface area contributed by atoms with Crippen LogP contribution in [0.25, 0.3) is 10.7 Å². The zero-order valence-electron chi connectivity index (χ0n) is 13.0. The van der Waals surface area contributed by atoms with Crippen LogP contribution in [0.3, 0.4) is 0 Å². The first-order chi connectivity index (χ1) is 12.1. The number of thiophene rings is 1. The van der Waals surface area contributed by atoms with E-state index in [9.17, 15) is 9.18 Å². The van der Waals surface area contributed by atoms with E-state index >= 15 is 0 Å². The number of amides is 1. The van der Waals surface area contributed by atoms with E-state index in [-0.39, 0.29) is 18.5 Å². The average Bonchev–Trinajstić information content (AvgIpc) is 3.31. The number of carbonyl (C=O) groups excluding carboxylic acids is 1. The van der Waals surface area contributed by atoms with Crippen molar-refractivity contribution in [2.75, 3.05) is 0 Å². The molecule has 0 spiro atoms. The predicted octanol–water partition coefficient (Wildman–Crippen LogP) is 4.45. The van der Waals surface area contributed by atoms with Crippen molar-refractivity contribution in [1.29, 1.82) is 0 Å². The molecular formula is C17H13ClFN3O2S. The molecule has 1 fully saturated rings. The van der Waals surface area contributed by atoms with Crippen LogP contribution in [-0.2, 0) is 11.3 Å². The summed E-state index contributed by atoms with van der Waals surface area (Å²) in [6.45, 7) is 0.277. The smallest absolute Gasteiger partial charge is 0.249 e. The molecular weight excluding hydrogens is 365 g/mol. The normalized spacial score (nSPS) is 17.4. The maximum atomic E-state index is 13.2. The van der Waals surface area contributed by atoms with Gasteiger partial charge in [0, 0.05) is 18.0 Å². The van der Waals surface area contributed by atoms with Crippen molar-refractivity contribution in [3.8, 4) is 10.7 Å². The quantitative estimate of drug-likeness (QED) is 0.673. The van der Waals surface area contributed by atoms with Gasteiger partial charge in [0.15, 0.2) is 0 Å². The molecule has 1 aromatic carbocycles. The van der Waals surface area contributed by atoms with E-state index in [1.54, 1.807) is 11.0 Å². The molecule has 5 nitrogen and oxygen atoms in total. The molecule has 0 radical (unpaired) electrons. The molecule has 128 valence electrons. The van der Waals surface area contributed by atoms with Gasteiger partial charge in [-0.25, -0.2) is 4.39 Å². The van der Waals surface area contributed by atoms with Gasteiger partial charge in [0.1, 0.15) is 11.9 Å². The van der Waals surface area contributed by atoms with Crippen LogP contribution >= 0.6 is 22.9 Å². The summed E-state index contributed by atoms with van der Waals surface area (Å²) < 4.78 is 18.6. The van der Waals surface area contributed by atoms with Crippen LogP contribution in [0.1, 0.15) is 30.3 Å². The average molecular weight is 378 g/mol. The number of carbonyl (C=O) groups is 1. The molecule has 0 N–H and O–H groups in total. The fourth-order valence-corrected chi connectivity index (χ4v) is 3.77. The van der Waals surface area contributed by atoms with Crippen molar-refractivity contribution in [3.63, 3.8) is 0 Å². The molecule has 1 unspecified atom stereocenters. The van der Waals surface area contributed by atoms with Crippen molar-refractivity contribution < 1.29 is 13.7 Å². The van der Waals surface area contributed by atoms with Gasteiger partial charge in [-0.2, -0.15) is 4.98 Å². The highest BCUT2D eigenvalue weighted by Crippen LogP contribution is 2.35. The summed E-state index contributed by atoms with van der Waals surface area (Å²) in [5, 5.41) is 6.24. The lowest BCUT2D eigenvalue weighted by molar-refractivity contribution is -0.129. The molecule has 8 heteroatoms. The first-order valence-corrected chi connectivity index (χ1v) is 8.98. The van der Waals surface area contributed by atoms with Gasteiger partial charge in [0.2, 0.25) is 17.6 Å². The zero-order valence-corrected chi connectivity index (χ0v) is 14.6. The van der Waals surface area contributed by atoms with Crippen molar-refractivity contribution in [2.45, 2.75) is 25.4 Å². The molecule has 2 aromatic heterocycles. The number of aromatic nitrogens is 2. The van der Waals surface area contributed by atoms with Crippen molar-refractivity contribution in [3.05, 3.63) is 58.0 Å². The Hall–Kier alpha value is -2.25. The molecule has 0 aliphatic carbocycles. The van der Waals surface area contributed by atoms with Gasteiger partial charge in [-0.3, -0.25) is 4.79 Å².